The van der Waals surface area contributed by atoms with E-state index in [2.05, 4.69) is 15.4 Å². The molecule has 2 aliphatic rings. The summed E-state index contributed by atoms with van der Waals surface area (Å²) in [5, 5.41) is 15.3. The Morgan fingerprint density at radius 2 is 2.04 bits per heavy atom. The summed E-state index contributed by atoms with van der Waals surface area (Å²) in [5.74, 6) is -0.386. The van der Waals surface area contributed by atoms with Gasteiger partial charge in [0.1, 0.15) is 0 Å². The van der Waals surface area contributed by atoms with Crippen molar-refractivity contribution in [3.63, 3.8) is 0 Å². The van der Waals surface area contributed by atoms with Gasteiger partial charge in [-0.15, -0.1) is 0 Å². The molecule has 0 bridgehead atoms. The smallest absolute Gasteiger partial charge is 0.278 e. The number of Topliss-reactive ketones (excluding diaryl/α,β-unsaturated/α-hetero) is 1. The average molecular weight is 349 g/mol. The molecule has 2 aromatic rings. The Kier molecular flexibility index (Phi) is 3.85. The fraction of sp³-hybridized carbons (Fsp3) is 0.250. The van der Waals surface area contributed by atoms with Gasteiger partial charge in [-0.1, -0.05) is 23.4 Å². The molecule has 0 fully saturated rings. The first-order valence-electron chi connectivity index (χ1n) is 8.52. The molecule has 6 heteroatoms. The fourth-order valence-electron chi connectivity index (χ4n) is 3.78. The van der Waals surface area contributed by atoms with Crippen LogP contribution in [0.1, 0.15) is 34.0 Å². The third-order valence-corrected chi connectivity index (χ3v) is 5.11. The van der Waals surface area contributed by atoms with E-state index in [9.17, 15) is 14.8 Å². The largest absolute Gasteiger partial charge is 0.410 e. The van der Waals surface area contributed by atoms with Gasteiger partial charge in [0, 0.05) is 24.2 Å². The summed E-state index contributed by atoms with van der Waals surface area (Å²) < 4.78 is 0. The zero-order chi connectivity index (χ0) is 18.4. The van der Waals surface area contributed by atoms with Crippen molar-refractivity contribution in [1.29, 1.82) is 0 Å². The van der Waals surface area contributed by atoms with Crippen LogP contribution >= 0.6 is 0 Å². The van der Waals surface area contributed by atoms with Crippen LogP contribution in [0.4, 0.5) is 5.69 Å². The normalized spacial score (nSPS) is 17.8. The van der Waals surface area contributed by atoms with E-state index in [1.807, 2.05) is 31.3 Å². The molecule has 0 saturated heterocycles. The Balaban J connectivity index is 1.98. The van der Waals surface area contributed by atoms with Gasteiger partial charge in [0.25, 0.3) is 5.91 Å². The second kappa shape index (κ2) is 6.07. The molecule has 4 rings (SSSR count). The maximum absolute atomic E-state index is 12.2. The van der Waals surface area contributed by atoms with E-state index in [-0.39, 0.29) is 11.5 Å². The minimum absolute atomic E-state index is 0.0102. The molecular formula is C20H19N3O3. The Bertz CT molecular complexity index is 979. The van der Waals surface area contributed by atoms with Crippen molar-refractivity contribution in [3.05, 3.63) is 52.6 Å². The lowest BCUT2D eigenvalue weighted by Crippen LogP contribution is -2.27. The number of ketones is 1. The molecule has 0 radical (unpaired) electrons. The molecule has 0 aromatic heterocycles. The van der Waals surface area contributed by atoms with E-state index in [0.29, 0.717) is 17.7 Å². The van der Waals surface area contributed by atoms with Gasteiger partial charge >= 0.3 is 0 Å². The fourth-order valence-corrected chi connectivity index (χ4v) is 3.78. The lowest BCUT2D eigenvalue weighted by atomic mass is 9.86. The van der Waals surface area contributed by atoms with Crippen molar-refractivity contribution in [2.75, 3.05) is 18.9 Å². The predicted octanol–water partition coefficient (Wildman–Crippen LogP) is 2.67. The minimum Gasteiger partial charge on any atom is -0.410 e. The van der Waals surface area contributed by atoms with E-state index in [0.717, 1.165) is 35.3 Å². The highest BCUT2D eigenvalue weighted by atomic mass is 16.4. The summed E-state index contributed by atoms with van der Waals surface area (Å²) in [6.45, 7) is 3.17. The summed E-state index contributed by atoms with van der Waals surface area (Å²) in [6, 6.07) is 9.40. The number of carbonyl (C=O) groups excluding carboxylic acids is 2. The molecule has 0 unspecified atom stereocenters. The lowest BCUT2D eigenvalue weighted by molar-refractivity contribution is -0.110. The van der Waals surface area contributed by atoms with Crippen LogP contribution in [-0.4, -0.2) is 41.1 Å². The van der Waals surface area contributed by atoms with Gasteiger partial charge in [0.15, 0.2) is 11.5 Å². The molecule has 0 atom stereocenters. The first kappa shape index (κ1) is 16.5. The second-order valence-corrected chi connectivity index (χ2v) is 6.83. The highest BCUT2D eigenvalue weighted by Gasteiger charge is 2.33. The number of amides is 1. The van der Waals surface area contributed by atoms with Crippen molar-refractivity contribution in [1.82, 2.24) is 4.90 Å². The van der Waals surface area contributed by atoms with E-state index in [4.69, 9.17) is 0 Å². The summed E-state index contributed by atoms with van der Waals surface area (Å²) in [5.41, 5.74) is 6.14. The van der Waals surface area contributed by atoms with Crippen LogP contribution in [0.5, 0.6) is 0 Å². The van der Waals surface area contributed by atoms with Gasteiger partial charge in [-0.05, 0) is 54.8 Å². The first-order valence-corrected chi connectivity index (χ1v) is 8.52. The maximum Gasteiger partial charge on any atom is 0.278 e. The lowest BCUT2D eigenvalue weighted by Gasteiger charge is -2.29. The molecule has 0 saturated carbocycles. The third-order valence-electron chi connectivity index (χ3n) is 5.11. The molecule has 0 spiro atoms. The summed E-state index contributed by atoms with van der Waals surface area (Å²) in [6.07, 6.45) is 0.847. The number of benzene rings is 2. The molecular weight excluding hydrogens is 330 g/mol. The van der Waals surface area contributed by atoms with Gasteiger partial charge in [0.2, 0.25) is 0 Å². The van der Waals surface area contributed by atoms with Crippen LogP contribution in [0.25, 0.3) is 11.1 Å². The Labute approximate surface area is 151 Å². The third kappa shape index (κ3) is 2.50. The highest BCUT2D eigenvalue weighted by Crippen LogP contribution is 2.40. The van der Waals surface area contributed by atoms with Crippen LogP contribution in [-0.2, 0) is 17.8 Å². The Morgan fingerprint density at radius 3 is 2.77 bits per heavy atom. The first-order chi connectivity index (χ1) is 12.5. The van der Waals surface area contributed by atoms with Crippen molar-refractivity contribution >= 4 is 23.1 Å². The number of anilines is 1. The standard InChI is InChI=1S/C20H19N3O3/c1-11(24)12-4-3-5-13(8-12)15-9-16-18(21-20(25)19(16)22-26)17-10-23(2)7-6-14(15)17/h3-5,8-9,26H,6-7,10H2,1-2H3,(H,21,22,25). The molecule has 26 heavy (non-hydrogen) atoms. The molecule has 132 valence electrons. The number of hydrogen-bond donors (Lipinski definition) is 2. The molecule has 2 aliphatic heterocycles. The summed E-state index contributed by atoms with van der Waals surface area (Å²) in [7, 11) is 2.04. The van der Waals surface area contributed by atoms with Gasteiger partial charge in [-0.3, -0.25) is 9.59 Å². The summed E-state index contributed by atoms with van der Waals surface area (Å²) in [4.78, 5) is 26.1. The molecule has 2 heterocycles. The van der Waals surface area contributed by atoms with Crippen LogP contribution in [0.2, 0.25) is 0 Å². The number of likely N-dealkylation sites (N-methyl/N-ethyl adjacent to an activating group) is 1. The van der Waals surface area contributed by atoms with Crippen LogP contribution in [0.15, 0.2) is 35.5 Å². The number of fused-ring (bicyclic) bond motifs is 3. The number of nitrogens with zero attached hydrogens (tertiary/aromatic N) is 2. The van der Waals surface area contributed by atoms with Crippen molar-refractivity contribution < 1.29 is 14.8 Å². The van der Waals surface area contributed by atoms with Crippen molar-refractivity contribution in [3.8, 4) is 11.1 Å². The van der Waals surface area contributed by atoms with Gasteiger partial charge in [-0.2, -0.15) is 0 Å². The SMILES string of the molecule is CC(=O)c1cccc(-c2cc3c(c4c2CCN(C)C4)NC(=O)/C3=N/O)c1. The summed E-state index contributed by atoms with van der Waals surface area (Å²) >= 11 is 0. The van der Waals surface area contributed by atoms with Crippen LogP contribution < -0.4 is 5.32 Å². The zero-order valence-corrected chi connectivity index (χ0v) is 14.7. The van der Waals surface area contributed by atoms with E-state index in [1.54, 1.807) is 13.0 Å². The topological polar surface area (TPSA) is 82.0 Å². The van der Waals surface area contributed by atoms with E-state index in [1.165, 1.54) is 5.56 Å². The van der Waals surface area contributed by atoms with E-state index >= 15 is 0 Å². The quantitative estimate of drug-likeness (QED) is 0.496. The second-order valence-electron chi connectivity index (χ2n) is 6.83. The molecule has 0 aliphatic carbocycles. The molecule has 6 nitrogen and oxygen atoms in total. The van der Waals surface area contributed by atoms with Gasteiger partial charge < -0.3 is 15.4 Å². The Hall–Kier alpha value is -2.99. The van der Waals surface area contributed by atoms with Gasteiger partial charge in [-0.25, -0.2) is 0 Å². The van der Waals surface area contributed by atoms with E-state index < -0.39 is 5.91 Å². The minimum atomic E-state index is -0.396. The number of carbonyl (C=O) groups is 2. The number of rotatable bonds is 2. The Morgan fingerprint density at radius 1 is 1.23 bits per heavy atom. The molecule has 2 aromatic carbocycles. The predicted molar refractivity (Wildman–Crippen MR) is 98.9 cm³/mol. The van der Waals surface area contributed by atoms with Crippen molar-refractivity contribution in [2.24, 2.45) is 5.16 Å². The number of oxime groups is 1. The number of nitrogens with one attached hydrogen (secondary N) is 1. The molecule has 1 amide bonds. The van der Waals surface area contributed by atoms with Crippen LogP contribution in [0, 0.1) is 0 Å². The monoisotopic (exact) mass is 349 g/mol. The highest BCUT2D eigenvalue weighted by molar-refractivity contribution is 6.54. The number of hydrogen-bond acceptors (Lipinski definition) is 5. The maximum atomic E-state index is 12.2. The molecule has 2 N–H and O–H groups in total. The van der Waals surface area contributed by atoms with Crippen molar-refractivity contribution in [2.45, 2.75) is 19.9 Å². The van der Waals surface area contributed by atoms with Gasteiger partial charge in [0.05, 0.1) is 5.69 Å². The van der Waals surface area contributed by atoms with Crippen LogP contribution in [0.3, 0.4) is 0 Å². The average Bonchev–Trinajstić information content (AvgIpc) is 2.96. The zero-order valence-electron chi connectivity index (χ0n) is 14.7.